The molecule has 40 heavy (non-hydrogen) atoms. The number of hydrogen-bond donors (Lipinski definition) is 3. The van der Waals surface area contributed by atoms with Crippen LogP contribution in [0.2, 0.25) is 0 Å². The molecule has 0 bridgehead atoms. The second kappa shape index (κ2) is 11.9. The number of carbonyl (C=O) groups excluding carboxylic acids is 2. The van der Waals surface area contributed by atoms with Crippen molar-refractivity contribution in [1.29, 1.82) is 5.26 Å². The van der Waals surface area contributed by atoms with E-state index >= 15 is 0 Å². The number of nitrogens with zero attached hydrogens (tertiary/aromatic N) is 1. The number of thioether (sulfide) groups is 1. The molecule has 0 saturated heterocycles. The van der Waals surface area contributed by atoms with E-state index in [-0.39, 0.29) is 17.6 Å². The number of benzene rings is 4. The lowest BCUT2D eigenvalue weighted by Gasteiger charge is -2.30. The Labute approximate surface area is 237 Å². The predicted octanol–water partition coefficient (Wildman–Crippen LogP) is 6.85. The number of hydrogen-bond acceptors (Lipinski definition) is 5. The number of anilines is 2. The van der Waals surface area contributed by atoms with Gasteiger partial charge in [-0.1, -0.05) is 90.6 Å². The lowest BCUT2D eigenvalue weighted by Crippen LogP contribution is -2.31. The Morgan fingerprint density at radius 2 is 1.57 bits per heavy atom. The smallest absolute Gasteiger partial charge is 0.254 e. The first-order chi connectivity index (χ1) is 19.4. The maximum absolute atomic E-state index is 13.6. The molecule has 0 unspecified atom stereocenters. The summed E-state index contributed by atoms with van der Waals surface area (Å²) in [6, 6.07) is 33.2. The number of nitriles is 1. The van der Waals surface area contributed by atoms with Crippen molar-refractivity contribution in [3.8, 4) is 6.07 Å². The summed E-state index contributed by atoms with van der Waals surface area (Å²) in [5.74, 6) is -0.950. The molecule has 3 N–H and O–H groups in total. The van der Waals surface area contributed by atoms with Crippen molar-refractivity contribution >= 4 is 45.7 Å². The van der Waals surface area contributed by atoms with Crippen molar-refractivity contribution in [1.82, 2.24) is 5.32 Å². The maximum Gasteiger partial charge on any atom is 0.254 e. The zero-order chi connectivity index (χ0) is 28.1. The molecule has 1 heterocycles. The van der Waals surface area contributed by atoms with E-state index in [1.165, 1.54) is 11.8 Å². The van der Waals surface area contributed by atoms with Gasteiger partial charge in [0.1, 0.15) is 0 Å². The van der Waals surface area contributed by atoms with Crippen LogP contribution in [0.5, 0.6) is 0 Å². The molecule has 2 amide bonds. The molecule has 7 heteroatoms. The number of carbonyl (C=O) groups is 2. The molecule has 1 aliphatic heterocycles. The quantitative estimate of drug-likeness (QED) is 0.236. The molecule has 0 aliphatic carbocycles. The minimum Gasteiger partial charge on any atom is -0.353 e. The van der Waals surface area contributed by atoms with Gasteiger partial charge in [-0.2, -0.15) is 5.26 Å². The molecule has 1 aliphatic rings. The minimum absolute atomic E-state index is 0.0971. The van der Waals surface area contributed by atoms with Gasteiger partial charge in [0, 0.05) is 22.6 Å². The highest BCUT2D eigenvalue weighted by atomic mass is 32.2. The molecule has 5 rings (SSSR count). The zero-order valence-corrected chi connectivity index (χ0v) is 23.0. The van der Waals surface area contributed by atoms with E-state index in [0.29, 0.717) is 33.2 Å². The number of aryl methyl sites for hydroxylation is 1. The van der Waals surface area contributed by atoms with Gasteiger partial charge in [0.25, 0.3) is 5.91 Å². The number of para-hydroxylation sites is 1. The van der Waals surface area contributed by atoms with Crippen LogP contribution in [0, 0.1) is 18.3 Å². The molecule has 198 valence electrons. The zero-order valence-electron chi connectivity index (χ0n) is 22.2. The van der Waals surface area contributed by atoms with Crippen LogP contribution in [0.1, 0.15) is 24.0 Å². The van der Waals surface area contributed by atoms with Gasteiger partial charge < -0.3 is 16.0 Å². The Hall–Kier alpha value is -4.80. The number of rotatable bonds is 7. The number of dihydropyridines is 1. The lowest BCUT2D eigenvalue weighted by atomic mass is 9.82. The number of nitrogens with one attached hydrogen (secondary N) is 3. The molecule has 6 nitrogen and oxygen atoms in total. The van der Waals surface area contributed by atoms with Crippen LogP contribution in [0.15, 0.2) is 119 Å². The van der Waals surface area contributed by atoms with Crippen molar-refractivity contribution in [2.75, 3.05) is 16.4 Å². The average Bonchev–Trinajstić information content (AvgIpc) is 2.97. The molecule has 0 aromatic heterocycles. The number of allylic oxidation sites excluding steroid dienone is 2. The standard InChI is InChI=1S/C33H28N4O2S/c1-21-10-6-9-15-28(21)37-32(39)30-22(2)35-33(27(19-34)31(30)24-12-4-3-5-13-24)40-20-29(38)36-26-17-16-23-11-7-8-14-25(23)18-26/h3-18,31,35H,20H2,1-2H3,(H,36,38)(H,37,39)/t31-/m1/s1. The van der Waals surface area contributed by atoms with E-state index in [2.05, 4.69) is 22.0 Å². The van der Waals surface area contributed by atoms with Crippen molar-refractivity contribution < 1.29 is 9.59 Å². The van der Waals surface area contributed by atoms with Gasteiger partial charge in [-0.3, -0.25) is 9.59 Å². The summed E-state index contributed by atoms with van der Waals surface area (Å²) < 4.78 is 0. The summed E-state index contributed by atoms with van der Waals surface area (Å²) in [5, 5.41) is 22.2. The molecule has 0 saturated carbocycles. The van der Waals surface area contributed by atoms with Gasteiger partial charge in [-0.15, -0.1) is 0 Å². The fourth-order valence-electron chi connectivity index (χ4n) is 4.81. The van der Waals surface area contributed by atoms with E-state index in [0.717, 1.165) is 21.9 Å². The number of amides is 2. The van der Waals surface area contributed by atoms with Gasteiger partial charge in [0.05, 0.1) is 28.3 Å². The average molecular weight is 545 g/mol. The Balaban J connectivity index is 1.39. The van der Waals surface area contributed by atoms with Crippen LogP contribution < -0.4 is 16.0 Å². The molecular weight excluding hydrogens is 516 g/mol. The SMILES string of the molecule is CC1=C(C(=O)Nc2ccccc2C)[C@H](c2ccccc2)C(C#N)=C(SCC(=O)Nc2ccc3ccccc3c2)N1. The molecule has 0 radical (unpaired) electrons. The van der Waals surface area contributed by atoms with E-state index < -0.39 is 5.92 Å². The molecule has 0 fully saturated rings. The van der Waals surface area contributed by atoms with E-state index in [1.54, 1.807) is 0 Å². The van der Waals surface area contributed by atoms with Gasteiger partial charge in [-0.25, -0.2) is 0 Å². The maximum atomic E-state index is 13.6. The number of fused-ring (bicyclic) bond motifs is 1. The highest BCUT2D eigenvalue weighted by Gasteiger charge is 2.35. The first-order valence-corrected chi connectivity index (χ1v) is 13.9. The van der Waals surface area contributed by atoms with Crippen LogP contribution >= 0.6 is 11.8 Å². The van der Waals surface area contributed by atoms with E-state index in [4.69, 9.17) is 0 Å². The van der Waals surface area contributed by atoms with Crippen LogP contribution in [0.3, 0.4) is 0 Å². The predicted molar refractivity (Wildman–Crippen MR) is 163 cm³/mol. The van der Waals surface area contributed by atoms with E-state index in [9.17, 15) is 14.9 Å². The van der Waals surface area contributed by atoms with Crippen molar-refractivity contribution in [3.05, 3.63) is 130 Å². The third-order valence-corrected chi connectivity index (χ3v) is 7.82. The fraction of sp³-hybridized carbons (Fsp3) is 0.121. The summed E-state index contributed by atoms with van der Waals surface area (Å²) in [6.07, 6.45) is 0. The Bertz CT molecular complexity index is 1700. The summed E-state index contributed by atoms with van der Waals surface area (Å²) >= 11 is 1.25. The third-order valence-electron chi connectivity index (χ3n) is 6.80. The highest BCUT2D eigenvalue weighted by Crippen LogP contribution is 2.41. The fourth-order valence-corrected chi connectivity index (χ4v) is 5.70. The normalized spacial score (nSPS) is 14.9. The van der Waals surface area contributed by atoms with Crippen molar-refractivity contribution in [2.45, 2.75) is 19.8 Å². The summed E-state index contributed by atoms with van der Waals surface area (Å²) in [7, 11) is 0. The van der Waals surface area contributed by atoms with Crippen LogP contribution in [-0.4, -0.2) is 17.6 Å². The molecule has 0 spiro atoms. The highest BCUT2D eigenvalue weighted by molar-refractivity contribution is 8.03. The monoisotopic (exact) mass is 544 g/mol. The largest absolute Gasteiger partial charge is 0.353 e. The summed E-state index contributed by atoms with van der Waals surface area (Å²) in [5.41, 5.74) is 4.70. The molecular formula is C33H28N4O2S. The van der Waals surface area contributed by atoms with Crippen LogP contribution in [0.25, 0.3) is 10.8 Å². The van der Waals surface area contributed by atoms with Crippen molar-refractivity contribution in [2.24, 2.45) is 0 Å². The second-order valence-corrected chi connectivity index (χ2v) is 10.5. The Morgan fingerprint density at radius 1 is 0.875 bits per heavy atom. The van der Waals surface area contributed by atoms with Crippen LogP contribution in [0.4, 0.5) is 11.4 Å². The van der Waals surface area contributed by atoms with Gasteiger partial charge in [0.2, 0.25) is 5.91 Å². The first kappa shape index (κ1) is 26.8. The lowest BCUT2D eigenvalue weighted by molar-refractivity contribution is -0.114. The van der Waals surface area contributed by atoms with Gasteiger partial charge >= 0.3 is 0 Å². The van der Waals surface area contributed by atoms with Gasteiger partial charge in [0.15, 0.2) is 0 Å². The topological polar surface area (TPSA) is 94.0 Å². The van der Waals surface area contributed by atoms with E-state index in [1.807, 2.05) is 111 Å². The van der Waals surface area contributed by atoms with Gasteiger partial charge in [-0.05, 0) is 53.9 Å². The third kappa shape index (κ3) is 5.78. The first-order valence-electron chi connectivity index (χ1n) is 12.9. The Morgan fingerprint density at radius 3 is 2.33 bits per heavy atom. The minimum atomic E-state index is -0.581. The Kier molecular flexibility index (Phi) is 7.99. The van der Waals surface area contributed by atoms with Crippen molar-refractivity contribution in [3.63, 3.8) is 0 Å². The summed E-state index contributed by atoms with van der Waals surface area (Å²) in [4.78, 5) is 26.5. The van der Waals surface area contributed by atoms with Crippen LogP contribution in [-0.2, 0) is 9.59 Å². The summed E-state index contributed by atoms with van der Waals surface area (Å²) in [6.45, 7) is 3.76. The second-order valence-electron chi connectivity index (χ2n) is 9.53. The molecule has 4 aromatic rings. The molecule has 1 atom stereocenters. The molecule has 4 aromatic carbocycles.